The molecular formula is C15H16N6. The summed E-state index contributed by atoms with van der Waals surface area (Å²) in [5.41, 5.74) is 4.65. The molecule has 0 aliphatic carbocycles. The predicted octanol–water partition coefficient (Wildman–Crippen LogP) is 2.23. The van der Waals surface area contributed by atoms with E-state index in [0.717, 1.165) is 22.3 Å². The number of anilines is 2. The van der Waals surface area contributed by atoms with E-state index in [1.807, 2.05) is 19.1 Å². The lowest BCUT2D eigenvalue weighted by Crippen LogP contribution is -2.11. The Labute approximate surface area is 122 Å². The van der Waals surface area contributed by atoms with Gasteiger partial charge in [-0.15, -0.1) is 0 Å². The smallest absolute Gasteiger partial charge is 0.145 e. The fourth-order valence-corrected chi connectivity index (χ4v) is 2.23. The second kappa shape index (κ2) is 5.72. The average Bonchev–Trinajstić information content (AvgIpc) is 2.52. The van der Waals surface area contributed by atoms with Crippen molar-refractivity contribution in [1.29, 1.82) is 0 Å². The zero-order valence-electron chi connectivity index (χ0n) is 11.7. The number of hydrazine groups is 1. The molecular weight excluding hydrogens is 264 g/mol. The van der Waals surface area contributed by atoms with Crippen molar-refractivity contribution in [2.24, 2.45) is 5.84 Å². The second-order valence-electron chi connectivity index (χ2n) is 4.68. The lowest BCUT2D eigenvalue weighted by molar-refractivity contribution is 1.02. The summed E-state index contributed by atoms with van der Waals surface area (Å²) in [5, 5.41) is 4.41. The quantitative estimate of drug-likeness (QED) is 0.501. The molecule has 0 fully saturated rings. The molecule has 0 saturated carbocycles. The fraction of sp³-hybridized carbons (Fsp3) is 0.133. The van der Waals surface area contributed by atoms with E-state index < -0.39 is 0 Å². The summed E-state index contributed by atoms with van der Waals surface area (Å²) in [5.74, 6) is 7.36. The van der Waals surface area contributed by atoms with E-state index in [9.17, 15) is 0 Å². The van der Waals surface area contributed by atoms with Crippen LogP contribution in [0, 0.1) is 6.92 Å². The first kappa shape index (κ1) is 13.3. The highest BCUT2D eigenvalue weighted by Gasteiger charge is 2.04. The Hall–Kier alpha value is -2.73. The van der Waals surface area contributed by atoms with Gasteiger partial charge >= 0.3 is 0 Å². The van der Waals surface area contributed by atoms with Gasteiger partial charge in [-0.25, -0.2) is 15.8 Å². The molecule has 6 nitrogen and oxygen atoms in total. The zero-order valence-corrected chi connectivity index (χ0v) is 11.7. The van der Waals surface area contributed by atoms with Crippen molar-refractivity contribution in [2.45, 2.75) is 13.5 Å². The number of hydrogen-bond acceptors (Lipinski definition) is 6. The van der Waals surface area contributed by atoms with Gasteiger partial charge in [0.2, 0.25) is 0 Å². The fourth-order valence-electron chi connectivity index (χ4n) is 2.23. The predicted molar refractivity (Wildman–Crippen MR) is 83.6 cm³/mol. The lowest BCUT2D eigenvalue weighted by atomic mass is 10.1. The van der Waals surface area contributed by atoms with Crippen molar-refractivity contribution in [3.63, 3.8) is 0 Å². The maximum atomic E-state index is 5.39. The van der Waals surface area contributed by atoms with Crippen LogP contribution >= 0.6 is 0 Å². The van der Waals surface area contributed by atoms with Crippen molar-refractivity contribution in [3.8, 4) is 0 Å². The number of nitrogens with two attached hydrogens (primary N) is 1. The summed E-state index contributed by atoms with van der Waals surface area (Å²) in [6.45, 7) is 2.46. The van der Waals surface area contributed by atoms with E-state index in [4.69, 9.17) is 5.84 Å². The Morgan fingerprint density at radius 1 is 1.10 bits per heavy atom. The average molecular weight is 280 g/mol. The van der Waals surface area contributed by atoms with Crippen LogP contribution in [0.25, 0.3) is 10.9 Å². The Morgan fingerprint density at radius 3 is 2.76 bits per heavy atom. The molecule has 0 radical (unpaired) electrons. The third-order valence-electron chi connectivity index (χ3n) is 3.16. The molecule has 4 N–H and O–H groups in total. The SMILES string of the molecule is Cc1nc(NN)cc(NCc2cccc3cccnc23)n1. The molecule has 0 unspecified atom stereocenters. The van der Waals surface area contributed by atoms with Gasteiger partial charge in [-0.1, -0.05) is 24.3 Å². The van der Waals surface area contributed by atoms with Gasteiger partial charge < -0.3 is 10.7 Å². The molecule has 0 aliphatic heterocycles. The molecule has 1 aromatic carbocycles. The van der Waals surface area contributed by atoms with Crippen molar-refractivity contribution in [3.05, 3.63) is 54.0 Å². The Bertz CT molecular complexity index is 766. The van der Waals surface area contributed by atoms with Gasteiger partial charge in [0.25, 0.3) is 0 Å². The second-order valence-corrected chi connectivity index (χ2v) is 4.68. The molecule has 3 rings (SSSR count). The van der Waals surface area contributed by atoms with Gasteiger partial charge in [-0.05, 0) is 18.6 Å². The van der Waals surface area contributed by atoms with Crippen LogP contribution in [0.1, 0.15) is 11.4 Å². The van der Waals surface area contributed by atoms with E-state index in [1.165, 1.54) is 0 Å². The molecule has 3 aromatic rings. The maximum absolute atomic E-state index is 5.39. The molecule has 21 heavy (non-hydrogen) atoms. The van der Waals surface area contributed by atoms with Crippen LogP contribution in [0.15, 0.2) is 42.6 Å². The van der Waals surface area contributed by atoms with E-state index in [2.05, 4.69) is 43.9 Å². The Morgan fingerprint density at radius 2 is 1.90 bits per heavy atom. The highest BCUT2D eigenvalue weighted by Crippen LogP contribution is 2.17. The van der Waals surface area contributed by atoms with Crippen molar-refractivity contribution >= 4 is 22.5 Å². The summed E-state index contributed by atoms with van der Waals surface area (Å²) in [6, 6.07) is 11.9. The van der Waals surface area contributed by atoms with Gasteiger partial charge in [0, 0.05) is 24.2 Å². The van der Waals surface area contributed by atoms with Gasteiger partial charge in [-0.2, -0.15) is 0 Å². The largest absolute Gasteiger partial charge is 0.366 e. The number of aryl methyl sites for hydroxylation is 1. The lowest BCUT2D eigenvalue weighted by Gasteiger charge is -2.09. The molecule has 0 saturated heterocycles. The van der Waals surface area contributed by atoms with Crippen LogP contribution in [0.4, 0.5) is 11.6 Å². The zero-order chi connectivity index (χ0) is 14.7. The summed E-state index contributed by atoms with van der Waals surface area (Å²) < 4.78 is 0. The highest BCUT2D eigenvalue weighted by atomic mass is 15.3. The summed E-state index contributed by atoms with van der Waals surface area (Å²) >= 11 is 0. The highest BCUT2D eigenvalue weighted by molar-refractivity contribution is 5.81. The van der Waals surface area contributed by atoms with E-state index in [-0.39, 0.29) is 0 Å². The Balaban J connectivity index is 1.85. The summed E-state index contributed by atoms with van der Waals surface area (Å²) in [7, 11) is 0. The van der Waals surface area contributed by atoms with Crippen LogP contribution < -0.4 is 16.6 Å². The number of para-hydroxylation sites is 1. The third-order valence-corrected chi connectivity index (χ3v) is 3.16. The van der Waals surface area contributed by atoms with E-state index >= 15 is 0 Å². The first-order valence-corrected chi connectivity index (χ1v) is 6.65. The van der Waals surface area contributed by atoms with E-state index in [1.54, 1.807) is 12.3 Å². The molecule has 2 aromatic heterocycles. The minimum Gasteiger partial charge on any atom is -0.366 e. The summed E-state index contributed by atoms with van der Waals surface area (Å²) in [6.07, 6.45) is 1.80. The van der Waals surface area contributed by atoms with Crippen molar-refractivity contribution < 1.29 is 0 Å². The normalized spacial score (nSPS) is 10.6. The number of nitrogens with zero attached hydrogens (tertiary/aromatic N) is 3. The maximum Gasteiger partial charge on any atom is 0.145 e. The first-order valence-electron chi connectivity index (χ1n) is 6.65. The van der Waals surface area contributed by atoms with Gasteiger partial charge in [-0.3, -0.25) is 4.98 Å². The minimum absolute atomic E-state index is 0.584. The standard InChI is InChI=1S/C15H16N6/c1-10-19-13(8-14(20-10)21-16)18-9-12-5-2-4-11-6-3-7-17-15(11)12/h2-8H,9,16H2,1H3,(H2,18,19,20,21). The third kappa shape index (κ3) is 2.90. The van der Waals surface area contributed by atoms with Crippen LogP contribution in [-0.2, 0) is 6.54 Å². The van der Waals surface area contributed by atoms with Gasteiger partial charge in [0.05, 0.1) is 5.52 Å². The number of fused-ring (bicyclic) bond motifs is 1. The molecule has 6 heteroatoms. The molecule has 0 bridgehead atoms. The van der Waals surface area contributed by atoms with Gasteiger partial charge in [0.15, 0.2) is 0 Å². The van der Waals surface area contributed by atoms with Crippen LogP contribution in [0.2, 0.25) is 0 Å². The van der Waals surface area contributed by atoms with E-state index in [0.29, 0.717) is 18.2 Å². The number of pyridine rings is 1. The van der Waals surface area contributed by atoms with Crippen LogP contribution in [0.5, 0.6) is 0 Å². The minimum atomic E-state index is 0.584. The number of nitrogens with one attached hydrogen (secondary N) is 2. The summed E-state index contributed by atoms with van der Waals surface area (Å²) in [4.78, 5) is 12.9. The number of benzene rings is 1. The molecule has 0 aliphatic rings. The topological polar surface area (TPSA) is 88.8 Å². The molecule has 2 heterocycles. The molecule has 106 valence electrons. The number of nitrogen functional groups attached to an aromatic ring is 1. The van der Waals surface area contributed by atoms with Crippen molar-refractivity contribution in [2.75, 3.05) is 10.7 Å². The van der Waals surface area contributed by atoms with Gasteiger partial charge in [0.1, 0.15) is 17.5 Å². The first-order chi connectivity index (χ1) is 10.3. The number of aromatic nitrogens is 3. The molecule has 0 atom stereocenters. The number of hydrogen-bond donors (Lipinski definition) is 3. The molecule has 0 amide bonds. The van der Waals surface area contributed by atoms with Crippen LogP contribution in [-0.4, -0.2) is 15.0 Å². The van der Waals surface area contributed by atoms with Crippen LogP contribution in [0.3, 0.4) is 0 Å². The monoisotopic (exact) mass is 280 g/mol. The number of rotatable bonds is 4. The molecule has 0 spiro atoms. The van der Waals surface area contributed by atoms with Crippen molar-refractivity contribution in [1.82, 2.24) is 15.0 Å². The Kier molecular flexibility index (Phi) is 3.61.